The van der Waals surface area contributed by atoms with E-state index in [-0.39, 0.29) is 11.6 Å². The van der Waals surface area contributed by atoms with Gasteiger partial charge in [-0.05, 0) is 43.2 Å². The van der Waals surface area contributed by atoms with Gasteiger partial charge in [-0.3, -0.25) is 4.79 Å². The molecule has 0 bridgehead atoms. The van der Waals surface area contributed by atoms with Crippen LogP contribution in [0.25, 0.3) is 17.5 Å². The van der Waals surface area contributed by atoms with Crippen molar-refractivity contribution in [3.05, 3.63) is 41.5 Å². The third-order valence-corrected chi connectivity index (χ3v) is 7.21. The van der Waals surface area contributed by atoms with E-state index >= 15 is 0 Å². The molecule has 1 aliphatic carbocycles. The summed E-state index contributed by atoms with van der Waals surface area (Å²) in [6.45, 7) is 9.48. The summed E-state index contributed by atoms with van der Waals surface area (Å²) in [4.78, 5) is 18.5. The van der Waals surface area contributed by atoms with E-state index in [9.17, 15) is 4.79 Å². The molecule has 2 aliphatic rings. The zero-order chi connectivity index (χ0) is 21.6. The zero-order valence-corrected chi connectivity index (χ0v) is 18.6. The Bertz CT molecular complexity index is 991. The molecule has 2 aromatic rings. The molecule has 1 fully saturated rings. The summed E-state index contributed by atoms with van der Waals surface area (Å²) >= 11 is 0. The minimum Gasteiger partial charge on any atom is -0.493 e. The minimum absolute atomic E-state index is 0.158. The second-order valence-corrected chi connectivity index (χ2v) is 9.14. The van der Waals surface area contributed by atoms with Crippen LogP contribution in [0.2, 0.25) is 0 Å². The lowest BCUT2D eigenvalue weighted by molar-refractivity contribution is 0.112. The van der Waals surface area contributed by atoms with E-state index in [0.717, 1.165) is 35.5 Å². The summed E-state index contributed by atoms with van der Waals surface area (Å²) in [6.07, 6.45) is 6.92. The predicted octanol–water partition coefficient (Wildman–Crippen LogP) is 4.63. The van der Waals surface area contributed by atoms with Gasteiger partial charge in [-0.1, -0.05) is 26.8 Å². The topological polar surface area (TPSA) is 73.4 Å². The number of carbonyl (C=O) groups excluding carboxylic acids is 1. The van der Waals surface area contributed by atoms with Gasteiger partial charge < -0.3 is 19.9 Å². The summed E-state index contributed by atoms with van der Waals surface area (Å²) in [5.41, 5.74) is 10.1. The highest BCUT2D eigenvalue weighted by molar-refractivity contribution is 5.80. The van der Waals surface area contributed by atoms with Crippen LogP contribution in [0.4, 0.5) is 0 Å². The van der Waals surface area contributed by atoms with E-state index in [4.69, 9.17) is 15.5 Å². The third-order valence-electron chi connectivity index (χ3n) is 7.21. The fourth-order valence-electron chi connectivity index (χ4n) is 4.85. The average molecular weight is 409 g/mol. The average Bonchev–Trinajstić information content (AvgIpc) is 3.22. The van der Waals surface area contributed by atoms with Gasteiger partial charge in [-0.15, -0.1) is 0 Å². The van der Waals surface area contributed by atoms with Gasteiger partial charge in [0.25, 0.3) is 0 Å². The Morgan fingerprint density at radius 2 is 2.07 bits per heavy atom. The Labute approximate surface area is 178 Å². The largest absolute Gasteiger partial charge is 0.493 e. The number of fused-ring (bicyclic) bond motifs is 1. The second-order valence-electron chi connectivity index (χ2n) is 9.14. The number of carbonyl (C=O) groups is 1. The number of rotatable bonds is 5. The first kappa shape index (κ1) is 20.7. The molecule has 1 aromatic carbocycles. The summed E-state index contributed by atoms with van der Waals surface area (Å²) in [5.74, 6) is 2.72. The lowest BCUT2D eigenvalue weighted by atomic mass is 9.76. The quantitative estimate of drug-likeness (QED) is 0.730. The van der Waals surface area contributed by atoms with Crippen LogP contribution in [0, 0.1) is 11.3 Å². The van der Waals surface area contributed by atoms with Crippen molar-refractivity contribution in [2.24, 2.45) is 17.1 Å². The number of hydrogen-bond acceptors (Lipinski definition) is 5. The molecule has 1 aromatic heterocycles. The van der Waals surface area contributed by atoms with Crippen molar-refractivity contribution in [2.45, 2.75) is 52.6 Å². The molecular formula is C24H32N4O2. The van der Waals surface area contributed by atoms with E-state index in [1.165, 1.54) is 6.42 Å². The fraction of sp³-hybridized carbons (Fsp3) is 0.500. The maximum Gasteiger partial charge on any atom is 0.150 e. The Morgan fingerprint density at radius 3 is 2.70 bits per heavy atom. The predicted molar refractivity (Wildman–Crippen MR) is 119 cm³/mol. The Balaban J connectivity index is 1.93. The molecule has 0 saturated heterocycles. The molecular weight excluding hydrogens is 376 g/mol. The van der Waals surface area contributed by atoms with Crippen LogP contribution in [0.3, 0.4) is 0 Å². The standard InChI is InChI=1S/C24H32N4O2/c1-6-30-19-13-16(14-29)8-9-17(19)20-21-22(25)27(5)11-12-28(21)23(26-20)18-10-7-15(2)24(18,3)4/h8-9,11-15,18,22H,6-7,10,25H2,1-5H3/t15-,18+,22?/m1/s1. The van der Waals surface area contributed by atoms with Crippen LogP contribution < -0.4 is 10.5 Å². The number of aromatic nitrogens is 2. The van der Waals surface area contributed by atoms with Crippen LogP contribution in [-0.4, -0.2) is 34.4 Å². The van der Waals surface area contributed by atoms with Crippen LogP contribution >= 0.6 is 0 Å². The van der Waals surface area contributed by atoms with Gasteiger partial charge in [0, 0.05) is 36.5 Å². The Kier molecular flexibility index (Phi) is 5.22. The molecule has 160 valence electrons. The van der Waals surface area contributed by atoms with Gasteiger partial charge in [0.2, 0.25) is 0 Å². The van der Waals surface area contributed by atoms with Gasteiger partial charge in [0.1, 0.15) is 24.0 Å². The molecule has 30 heavy (non-hydrogen) atoms. The van der Waals surface area contributed by atoms with Crippen LogP contribution in [0.15, 0.2) is 24.4 Å². The van der Waals surface area contributed by atoms with Crippen LogP contribution in [0.5, 0.6) is 5.75 Å². The molecule has 1 saturated carbocycles. The highest BCUT2D eigenvalue weighted by Gasteiger charge is 2.44. The SMILES string of the molecule is CCOc1cc(C=O)ccc1-c1nc([C@@H]2CC[C@@H](C)C2(C)C)n2c1C(N)N(C)C=C2. The van der Waals surface area contributed by atoms with Gasteiger partial charge >= 0.3 is 0 Å². The summed E-state index contributed by atoms with van der Waals surface area (Å²) < 4.78 is 8.09. The van der Waals surface area contributed by atoms with Crippen LogP contribution in [0.1, 0.15) is 74.5 Å². The van der Waals surface area contributed by atoms with Crippen molar-refractivity contribution in [2.75, 3.05) is 13.7 Å². The maximum atomic E-state index is 11.3. The molecule has 3 atom stereocenters. The first-order valence-corrected chi connectivity index (χ1v) is 10.8. The monoisotopic (exact) mass is 408 g/mol. The minimum atomic E-state index is -0.312. The molecule has 1 unspecified atom stereocenters. The number of ether oxygens (including phenoxy) is 1. The van der Waals surface area contributed by atoms with Crippen molar-refractivity contribution in [1.29, 1.82) is 0 Å². The highest BCUT2D eigenvalue weighted by Crippen LogP contribution is 2.53. The zero-order valence-electron chi connectivity index (χ0n) is 18.6. The van der Waals surface area contributed by atoms with E-state index in [2.05, 4.69) is 31.5 Å². The van der Waals surface area contributed by atoms with Gasteiger partial charge in [-0.25, -0.2) is 4.98 Å². The summed E-state index contributed by atoms with van der Waals surface area (Å²) in [5, 5.41) is 0. The van der Waals surface area contributed by atoms with Crippen LogP contribution in [-0.2, 0) is 0 Å². The first-order valence-electron chi connectivity index (χ1n) is 10.8. The lowest BCUT2D eigenvalue weighted by Crippen LogP contribution is -2.32. The maximum absolute atomic E-state index is 11.3. The van der Waals surface area contributed by atoms with Gasteiger partial charge in [-0.2, -0.15) is 0 Å². The van der Waals surface area contributed by atoms with Crippen molar-refractivity contribution < 1.29 is 9.53 Å². The van der Waals surface area contributed by atoms with E-state index < -0.39 is 0 Å². The summed E-state index contributed by atoms with van der Waals surface area (Å²) in [7, 11) is 1.97. The number of aldehydes is 1. The van der Waals surface area contributed by atoms with Gasteiger partial charge in [0.15, 0.2) is 0 Å². The number of nitrogens with zero attached hydrogens (tertiary/aromatic N) is 3. The number of hydrogen-bond donors (Lipinski definition) is 1. The molecule has 2 N–H and O–H groups in total. The summed E-state index contributed by atoms with van der Waals surface area (Å²) in [6, 6.07) is 5.52. The molecule has 0 spiro atoms. The van der Waals surface area contributed by atoms with Crippen molar-refractivity contribution in [1.82, 2.24) is 14.5 Å². The van der Waals surface area contributed by atoms with Crippen molar-refractivity contribution >= 4 is 12.5 Å². The Hall–Kier alpha value is -2.60. The molecule has 0 amide bonds. The normalized spacial score (nSPS) is 24.7. The highest BCUT2D eigenvalue weighted by atomic mass is 16.5. The van der Waals surface area contributed by atoms with E-state index in [1.807, 2.05) is 37.2 Å². The number of benzene rings is 1. The smallest absolute Gasteiger partial charge is 0.150 e. The molecule has 6 nitrogen and oxygen atoms in total. The fourth-order valence-corrected chi connectivity index (χ4v) is 4.85. The lowest BCUT2D eigenvalue weighted by Gasteiger charge is -2.33. The van der Waals surface area contributed by atoms with E-state index in [0.29, 0.717) is 29.8 Å². The number of nitrogens with two attached hydrogens (primary N) is 1. The molecule has 1 aliphatic heterocycles. The second kappa shape index (κ2) is 7.58. The van der Waals surface area contributed by atoms with Crippen molar-refractivity contribution in [3.8, 4) is 17.0 Å². The number of imidazole rings is 1. The van der Waals surface area contributed by atoms with Gasteiger partial charge in [0.05, 0.1) is 18.0 Å². The molecule has 2 heterocycles. The molecule has 6 heteroatoms. The van der Waals surface area contributed by atoms with Crippen molar-refractivity contribution in [3.63, 3.8) is 0 Å². The van der Waals surface area contributed by atoms with E-state index in [1.54, 1.807) is 6.07 Å². The Morgan fingerprint density at radius 1 is 1.30 bits per heavy atom. The molecule has 0 radical (unpaired) electrons. The third kappa shape index (κ3) is 3.14. The first-order chi connectivity index (χ1) is 14.3. The molecule has 4 rings (SSSR count).